The van der Waals surface area contributed by atoms with Crippen molar-refractivity contribution < 1.29 is 14.1 Å². The minimum atomic E-state index is 0.00539. The van der Waals surface area contributed by atoms with Gasteiger partial charge in [-0.2, -0.15) is 4.98 Å². The van der Waals surface area contributed by atoms with Crippen LogP contribution in [0.25, 0.3) is 22.4 Å². The maximum absolute atomic E-state index is 13.1. The van der Waals surface area contributed by atoms with Crippen molar-refractivity contribution in [1.82, 2.24) is 20.0 Å². The van der Waals surface area contributed by atoms with Crippen LogP contribution >= 0.6 is 0 Å². The lowest BCUT2D eigenvalue weighted by molar-refractivity contribution is -0.135. The van der Waals surface area contributed by atoms with Gasteiger partial charge in [0.25, 0.3) is 5.71 Å². The highest BCUT2D eigenvalue weighted by atomic mass is 16.5. The van der Waals surface area contributed by atoms with E-state index in [4.69, 9.17) is 9.26 Å². The molecular weight excluding hydrogens is 430 g/mol. The van der Waals surface area contributed by atoms with Crippen LogP contribution in [0.15, 0.2) is 65.4 Å². The number of nitrogens with zero attached hydrogens (tertiary/aromatic N) is 5. The molecule has 8 nitrogen and oxygen atoms in total. The fraction of sp³-hybridized carbons (Fsp3) is 0.308. The van der Waals surface area contributed by atoms with Crippen molar-refractivity contribution in [3.8, 4) is 17.0 Å². The number of fused-ring (bicyclic) bond motifs is 1. The van der Waals surface area contributed by atoms with E-state index in [1.165, 1.54) is 6.33 Å². The number of rotatable bonds is 6. The lowest BCUT2D eigenvalue weighted by Crippen LogP contribution is -2.41. The quantitative estimate of drug-likeness (QED) is 0.430. The molecule has 174 valence electrons. The van der Waals surface area contributed by atoms with E-state index in [0.717, 1.165) is 54.0 Å². The first-order chi connectivity index (χ1) is 16.6. The van der Waals surface area contributed by atoms with Crippen molar-refractivity contribution in [3.05, 3.63) is 66.5 Å². The second kappa shape index (κ2) is 9.51. The molecule has 34 heavy (non-hydrogen) atoms. The van der Waals surface area contributed by atoms with Gasteiger partial charge in [-0.05, 0) is 42.7 Å². The van der Waals surface area contributed by atoms with Crippen molar-refractivity contribution in [3.63, 3.8) is 0 Å². The van der Waals surface area contributed by atoms with Gasteiger partial charge < -0.3 is 19.1 Å². The summed E-state index contributed by atoms with van der Waals surface area (Å²) >= 11 is 0. The zero-order valence-electron chi connectivity index (χ0n) is 19.3. The Morgan fingerprint density at radius 1 is 1.09 bits per heavy atom. The fourth-order valence-corrected chi connectivity index (χ4v) is 4.54. The average molecular weight is 458 g/mol. The third-order valence-electron chi connectivity index (χ3n) is 6.40. The highest BCUT2D eigenvalue weighted by molar-refractivity contribution is 5.98. The van der Waals surface area contributed by atoms with Gasteiger partial charge in [-0.15, -0.1) is 0 Å². The molecule has 0 unspecified atom stereocenters. The molecule has 2 aromatic heterocycles. The molecule has 0 aliphatic carbocycles. The topological polar surface area (TPSA) is 84.6 Å². The Balaban J connectivity index is 1.32. The normalized spacial score (nSPS) is 14.4. The maximum atomic E-state index is 13.1. The van der Waals surface area contributed by atoms with E-state index in [2.05, 4.69) is 20.0 Å². The summed E-state index contributed by atoms with van der Waals surface area (Å²) in [6, 6.07) is 17.8. The summed E-state index contributed by atoms with van der Waals surface area (Å²) in [6.45, 7) is 2.09. The molecule has 5 rings (SSSR count). The molecule has 4 aromatic rings. The van der Waals surface area contributed by atoms with Crippen LogP contribution in [0.1, 0.15) is 18.4 Å². The zero-order valence-corrected chi connectivity index (χ0v) is 19.3. The molecule has 1 aliphatic rings. The number of anilines is 1. The average Bonchev–Trinajstić information content (AvgIpc) is 3.33. The number of hydrogen-bond acceptors (Lipinski definition) is 7. The Bertz CT molecular complexity index is 1260. The Kier molecular flexibility index (Phi) is 6.12. The van der Waals surface area contributed by atoms with Crippen LogP contribution in [-0.2, 0) is 11.3 Å². The minimum Gasteiger partial charge on any atom is -0.497 e. The zero-order chi connectivity index (χ0) is 23.5. The van der Waals surface area contributed by atoms with Gasteiger partial charge >= 0.3 is 0 Å². The Hall–Kier alpha value is -3.94. The first-order valence-electron chi connectivity index (χ1n) is 11.4. The molecule has 0 saturated carbocycles. The first-order valence-corrected chi connectivity index (χ1v) is 11.4. The van der Waals surface area contributed by atoms with Crippen molar-refractivity contribution in [2.45, 2.75) is 19.4 Å². The molecule has 0 radical (unpaired) electrons. The summed E-state index contributed by atoms with van der Waals surface area (Å²) in [5.74, 6) is 1.77. The van der Waals surface area contributed by atoms with Crippen LogP contribution in [0.2, 0.25) is 0 Å². The third-order valence-corrected chi connectivity index (χ3v) is 6.40. The molecule has 1 amide bonds. The monoisotopic (exact) mass is 457 g/mol. The van der Waals surface area contributed by atoms with Crippen LogP contribution in [0.3, 0.4) is 0 Å². The lowest BCUT2D eigenvalue weighted by Gasteiger charge is -2.34. The van der Waals surface area contributed by atoms with E-state index in [9.17, 15) is 4.79 Å². The Morgan fingerprint density at radius 2 is 1.82 bits per heavy atom. The second-order valence-electron chi connectivity index (χ2n) is 8.58. The fourth-order valence-electron chi connectivity index (χ4n) is 4.54. The van der Waals surface area contributed by atoms with Gasteiger partial charge in [0.15, 0.2) is 0 Å². The lowest BCUT2D eigenvalue weighted by atomic mass is 9.95. The smallest absolute Gasteiger partial charge is 0.263 e. The number of piperidine rings is 1. The summed E-state index contributed by atoms with van der Waals surface area (Å²) in [4.78, 5) is 25.9. The number of amides is 1. The van der Waals surface area contributed by atoms with Crippen molar-refractivity contribution in [1.29, 1.82) is 0 Å². The van der Waals surface area contributed by atoms with Gasteiger partial charge in [0.05, 0.1) is 7.11 Å². The molecule has 0 bridgehead atoms. The molecule has 2 aromatic carbocycles. The van der Waals surface area contributed by atoms with E-state index in [0.29, 0.717) is 18.0 Å². The summed E-state index contributed by atoms with van der Waals surface area (Å²) in [5.41, 5.74) is 3.20. The van der Waals surface area contributed by atoms with Crippen LogP contribution in [0, 0.1) is 5.92 Å². The van der Waals surface area contributed by atoms with Crippen LogP contribution in [0.4, 0.5) is 5.82 Å². The highest BCUT2D eigenvalue weighted by Crippen LogP contribution is 2.35. The number of carbonyl (C=O) groups excluding carboxylic acids is 1. The van der Waals surface area contributed by atoms with E-state index in [1.807, 2.05) is 66.5 Å². The highest BCUT2D eigenvalue weighted by Gasteiger charge is 2.30. The van der Waals surface area contributed by atoms with Gasteiger partial charge in [0.2, 0.25) is 5.91 Å². The molecule has 0 spiro atoms. The SMILES string of the molecule is COc1ccc(-c2noc3ncnc(N4CCC(C(=O)N(C)Cc5ccccc5)CC4)c23)cc1. The molecule has 1 saturated heterocycles. The Morgan fingerprint density at radius 3 is 2.53 bits per heavy atom. The number of methoxy groups -OCH3 is 1. The number of hydrogen-bond donors (Lipinski definition) is 0. The number of aromatic nitrogens is 3. The molecule has 8 heteroatoms. The number of benzene rings is 2. The molecular formula is C26H27N5O3. The van der Waals surface area contributed by atoms with Gasteiger partial charge in [0, 0.05) is 38.2 Å². The van der Waals surface area contributed by atoms with Gasteiger partial charge in [-0.25, -0.2) is 4.98 Å². The van der Waals surface area contributed by atoms with Gasteiger partial charge in [-0.3, -0.25) is 4.79 Å². The van der Waals surface area contributed by atoms with Crippen molar-refractivity contribution in [2.75, 3.05) is 32.1 Å². The van der Waals surface area contributed by atoms with Crippen LogP contribution < -0.4 is 9.64 Å². The maximum Gasteiger partial charge on any atom is 0.263 e. The molecule has 1 aliphatic heterocycles. The van der Waals surface area contributed by atoms with E-state index in [1.54, 1.807) is 7.11 Å². The largest absolute Gasteiger partial charge is 0.497 e. The van der Waals surface area contributed by atoms with Crippen LogP contribution in [-0.4, -0.2) is 53.2 Å². The van der Waals surface area contributed by atoms with E-state index in [-0.39, 0.29) is 11.8 Å². The predicted octanol–water partition coefficient (Wildman–Crippen LogP) is 4.17. The molecule has 3 heterocycles. The summed E-state index contributed by atoms with van der Waals surface area (Å²) in [6.07, 6.45) is 3.05. The second-order valence-corrected chi connectivity index (χ2v) is 8.58. The first kappa shape index (κ1) is 21.9. The number of ether oxygens (including phenoxy) is 1. The van der Waals surface area contributed by atoms with E-state index >= 15 is 0 Å². The molecule has 1 fully saturated rings. The van der Waals surface area contributed by atoms with Crippen molar-refractivity contribution >= 4 is 22.8 Å². The van der Waals surface area contributed by atoms with Crippen molar-refractivity contribution in [2.24, 2.45) is 5.92 Å². The van der Waals surface area contributed by atoms with E-state index < -0.39 is 0 Å². The van der Waals surface area contributed by atoms with Crippen LogP contribution in [0.5, 0.6) is 5.75 Å². The minimum absolute atomic E-state index is 0.00539. The molecule has 0 N–H and O–H groups in total. The molecule has 0 atom stereocenters. The standard InChI is InChI=1S/C26H27N5O3/c1-30(16-18-6-4-3-5-7-18)26(32)20-12-14-31(15-13-20)24-22-23(29-34-25(22)28-17-27-24)19-8-10-21(33-2)11-9-19/h3-11,17,20H,12-16H2,1-2H3. The predicted molar refractivity (Wildman–Crippen MR) is 129 cm³/mol. The third kappa shape index (κ3) is 4.31. The Labute approximate surface area is 198 Å². The summed E-state index contributed by atoms with van der Waals surface area (Å²) in [7, 11) is 3.52. The summed E-state index contributed by atoms with van der Waals surface area (Å²) < 4.78 is 10.8. The van der Waals surface area contributed by atoms with Gasteiger partial charge in [0.1, 0.15) is 29.0 Å². The van der Waals surface area contributed by atoms with Gasteiger partial charge in [-0.1, -0.05) is 35.5 Å². The summed E-state index contributed by atoms with van der Waals surface area (Å²) in [5, 5.41) is 5.07. The number of carbonyl (C=O) groups is 1.